The Kier molecular flexibility index (Phi) is 4.75. The van der Waals surface area contributed by atoms with E-state index in [0.717, 1.165) is 11.1 Å². The molecule has 2 rings (SSSR count). The molecule has 2 aromatic carbocycles. The summed E-state index contributed by atoms with van der Waals surface area (Å²) in [7, 11) is 0. The molecule has 2 aromatic rings. The molecule has 3 nitrogen and oxygen atoms in total. The maximum atomic E-state index is 11.4. The average Bonchev–Trinajstić information content (AvgIpc) is 2.54. The first kappa shape index (κ1) is 14.4. The second-order valence-electron chi connectivity index (χ2n) is 4.39. The lowest BCUT2D eigenvalue weighted by Crippen LogP contribution is -2.06. The van der Waals surface area contributed by atoms with Gasteiger partial charge in [-0.1, -0.05) is 24.3 Å². The van der Waals surface area contributed by atoms with Crippen LogP contribution in [0, 0.1) is 23.7 Å². The predicted molar refractivity (Wildman–Crippen MR) is 80.3 cm³/mol. The number of carbonyl (C=O) groups excluding carboxylic acids is 1. The lowest BCUT2D eigenvalue weighted by atomic mass is 10.0. The molecule has 0 heterocycles. The standard InChI is InChI=1S/C18H13NO2/c1-2-3-4-18(20)21-17-11-9-16(10-12-17)15-7-5-14(13-19)6-8-15/h1,5-12H,3-4H2. The van der Waals surface area contributed by atoms with Crippen molar-refractivity contribution in [3.05, 3.63) is 54.1 Å². The van der Waals surface area contributed by atoms with Gasteiger partial charge in [-0.05, 0) is 35.4 Å². The van der Waals surface area contributed by atoms with Crippen LogP contribution in [0.15, 0.2) is 48.5 Å². The van der Waals surface area contributed by atoms with E-state index in [4.69, 9.17) is 16.4 Å². The second-order valence-corrected chi connectivity index (χ2v) is 4.39. The molecule has 0 saturated heterocycles. The van der Waals surface area contributed by atoms with E-state index in [1.54, 1.807) is 24.3 Å². The minimum Gasteiger partial charge on any atom is -0.427 e. The molecule has 0 aliphatic rings. The van der Waals surface area contributed by atoms with Gasteiger partial charge in [0.05, 0.1) is 18.1 Å². The largest absolute Gasteiger partial charge is 0.427 e. The monoisotopic (exact) mass is 275 g/mol. The minimum atomic E-state index is -0.334. The molecule has 0 aliphatic heterocycles. The number of benzene rings is 2. The summed E-state index contributed by atoms with van der Waals surface area (Å²) in [5.74, 6) is 2.56. The third kappa shape index (κ3) is 3.96. The van der Waals surface area contributed by atoms with Crippen molar-refractivity contribution in [1.29, 1.82) is 5.26 Å². The molecule has 0 bridgehead atoms. The van der Waals surface area contributed by atoms with Crippen LogP contribution in [-0.2, 0) is 4.79 Å². The zero-order valence-corrected chi connectivity index (χ0v) is 11.4. The predicted octanol–water partition coefficient (Wildman–Crippen LogP) is 3.54. The zero-order chi connectivity index (χ0) is 15.1. The van der Waals surface area contributed by atoms with Crippen LogP contribution in [0.5, 0.6) is 5.75 Å². The fourth-order valence-electron chi connectivity index (χ4n) is 1.81. The molecular weight excluding hydrogens is 262 g/mol. The van der Waals surface area contributed by atoms with Crippen LogP contribution in [0.3, 0.4) is 0 Å². The lowest BCUT2D eigenvalue weighted by Gasteiger charge is -2.05. The molecule has 0 saturated carbocycles. The fraction of sp³-hybridized carbons (Fsp3) is 0.111. The molecule has 0 amide bonds. The normalized spacial score (nSPS) is 9.43. The summed E-state index contributed by atoms with van der Waals surface area (Å²) in [6, 6.07) is 16.6. The van der Waals surface area contributed by atoms with Crippen molar-refractivity contribution in [2.24, 2.45) is 0 Å². The Balaban J connectivity index is 2.06. The summed E-state index contributed by atoms with van der Waals surface area (Å²) in [5.41, 5.74) is 2.61. The number of carbonyl (C=O) groups is 1. The number of nitriles is 1. The number of terminal acetylenes is 1. The van der Waals surface area contributed by atoms with Crippen molar-refractivity contribution in [2.75, 3.05) is 0 Å². The summed E-state index contributed by atoms with van der Waals surface area (Å²) in [5, 5.41) is 8.77. The van der Waals surface area contributed by atoms with Gasteiger partial charge in [-0.25, -0.2) is 0 Å². The summed E-state index contributed by atoms with van der Waals surface area (Å²) in [6.07, 6.45) is 5.69. The molecule has 21 heavy (non-hydrogen) atoms. The van der Waals surface area contributed by atoms with E-state index in [9.17, 15) is 4.79 Å². The van der Waals surface area contributed by atoms with E-state index in [1.807, 2.05) is 24.3 Å². The average molecular weight is 275 g/mol. The highest BCUT2D eigenvalue weighted by Gasteiger charge is 2.04. The van der Waals surface area contributed by atoms with Gasteiger partial charge < -0.3 is 4.74 Å². The van der Waals surface area contributed by atoms with Crippen molar-refractivity contribution in [1.82, 2.24) is 0 Å². The van der Waals surface area contributed by atoms with Crippen LogP contribution in [0.2, 0.25) is 0 Å². The van der Waals surface area contributed by atoms with Gasteiger partial charge in [-0.2, -0.15) is 5.26 Å². The molecule has 0 unspecified atom stereocenters. The Morgan fingerprint density at radius 2 is 1.62 bits per heavy atom. The Hall–Kier alpha value is -3.04. The van der Waals surface area contributed by atoms with Crippen LogP contribution >= 0.6 is 0 Å². The van der Waals surface area contributed by atoms with E-state index in [-0.39, 0.29) is 12.4 Å². The van der Waals surface area contributed by atoms with Gasteiger partial charge in [-0.3, -0.25) is 4.79 Å². The topological polar surface area (TPSA) is 50.1 Å². The van der Waals surface area contributed by atoms with Crippen molar-refractivity contribution < 1.29 is 9.53 Å². The SMILES string of the molecule is C#CCCC(=O)Oc1ccc(-c2ccc(C#N)cc2)cc1. The van der Waals surface area contributed by atoms with E-state index in [2.05, 4.69) is 12.0 Å². The molecule has 0 N–H and O–H groups in total. The van der Waals surface area contributed by atoms with Crippen molar-refractivity contribution >= 4 is 5.97 Å². The number of hydrogen-bond donors (Lipinski definition) is 0. The number of nitrogens with zero attached hydrogens (tertiary/aromatic N) is 1. The van der Waals surface area contributed by atoms with Crippen LogP contribution < -0.4 is 4.74 Å². The van der Waals surface area contributed by atoms with E-state index < -0.39 is 0 Å². The van der Waals surface area contributed by atoms with Gasteiger partial charge in [0.25, 0.3) is 0 Å². The highest BCUT2D eigenvalue weighted by atomic mass is 16.5. The Morgan fingerprint density at radius 3 is 2.14 bits per heavy atom. The van der Waals surface area contributed by atoms with Crippen molar-refractivity contribution in [3.8, 4) is 35.3 Å². The first-order valence-electron chi connectivity index (χ1n) is 6.47. The molecular formula is C18H13NO2. The Bertz CT molecular complexity index is 701. The molecule has 0 radical (unpaired) electrons. The summed E-state index contributed by atoms with van der Waals surface area (Å²) in [6.45, 7) is 0. The molecule has 0 fully saturated rings. The second kappa shape index (κ2) is 6.93. The third-order valence-electron chi connectivity index (χ3n) is 2.91. The summed E-state index contributed by atoms with van der Waals surface area (Å²) < 4.78 is 5.17. The number of ether oxygens (including phenoxy) is 1. The highest BCUT2D eigenvalue weighted by Crippen LogP contribution is 2.23. The fourth-order valence-corrected chi connectivity index (χ4v) is 1.81. The minimum absolute atomic E-state index is 0.216. The summed E-state index contributed by atoms with van der Waals surface area (Å²) in [4.78, 5) is 11.4. The Labute approximate surface area is 123 Å². The van der Waals surface area contributed by atoms with Gasteiger partial charge in [0.1, 0.15) is 5.75 Å². The van der Waals surface area contributed by atoms with Gasteiger partial charge in [0.2, 0.25) is 0 Å². The van der Waals surface area contributed by atoms with Gasteiger partial charge in [0.15, 0.2) is 0 Å². The quantitative estimate of drug-likeness (QED) is 0.487. The van der Waals surface area contributed by atoms with Crippen LogP contribution in [0.25, 0.3) is 11.1 Å². The highest BCUT2D eigenvalue weighted by molar-refractivity contribution is 5.73. The third-order valence-corrected chi connectivity index (χ3v) is 2.91. The van der Waals surface area contributed by atoms with Gasteiger partial charge in [0, 0.05) is 6.42 Å². The van der Waals surface area contributed by atoms with Crippen LogP contribution in [-0.4, -0.2) is 5.97 Å². The van der Waals surface area contributed by atoms with Crippen molar-refractivity contribution in [3.63, 3.8) is 0 Å². The first-order chi connectivity index (χ1) is 10.2. The zero-order valence-electron chi connectivity index (χ0n) is 11.4. The maximum Gasteiger partial charge on any atom is 0.312 e. The lowest BCUT2D eigenvalue weighted by molar-refractivity contribution is -0.134. The van der Waals surface area contributed by atoms with E-state index in [1.165, 1.54) is 0 Å². The van der Waals surface area contributed by atoms with E-state index in [0.29, 0.717) is 17.7 Å². The maximum absolute atomic E-state index is 11.4. The molecule has 0 atom stereocenters. The smallest absolute Gasteiger partial charge is 0.312 e. The first-order valence-corrected chi connectivity index (χ1v) is 6.47. The van der Waals surface area contributed by atoms with Gasteiger partial charge in [-0.15, -0.1) is 12.3 Å². The molecule has 0 aliphatic carbocycles. The summed E-state index contributed by atoms with van der Waals surface area (Å²) >= 11 is 0. The van der Waals surface area contributed by atoms with E-state index >= 15 is 0 Å². The number of rotatable bonds is 4. The molecule has 102 valence electrons. The van der Waals surface area contributed by atoms with Crippen molar-refractivity contribution in [2.45, 2.75) is 12.8 Å². The molecule has 3 heteroatoms. The van der Waals surface area contributed by atoms with Crippen LogP contribution in [0.1, 0.15) is 18.4 Å². The number of hydrogen-bond acceptors (Lipinski definition) is 3. The molecule has 0 spiro atoms. The van der Waals surface area contributed by atoms with Gasteiger partial charge >= 0.3 is 5.97 Å². The number of esters is 1. The Morgan fingerprint density at radius 1 is 1.05 bits per heavy atom. The molecule has 0 aromatic heterocycles. The van der Waals surface area contributed by atoms with Crippen LogP contribution in [0.4, 0.5) is 0 Å².